The molecule has 2 aromatic carbocycles. The molecule has 0 saturated carbocycles. The molecule has 0 aliphatic heterocycles. The quantitative estimate of drug-likeness (QED) is 0.788. The highest BCUT2D eigenvalue weighted by molar-refractivity contribution is 5.80. The number of aryl methyl sites for hydroxylation is 3. The third kappa shape index (κ3) is 2.26. The number of fused-ring (bicyclic) bond motifs is 1. The van der Waals surface area contributed by atoms with E-state index in [-0.39, 0.29) is 5.56 Å². The molecule has 4 nitrogen and oxygen atoms in total. The summed E-state index contributed by atoms with van der Waals surface area (Å²) in [4.78, 5) is 17.5. The van der Waals surface area contributed by atoms with E-state index in [1.165, 1.54) is 0 Å². The molecule has 0 saturated heterocycles. The largest absolute Gasteiger partial charge is 0.388 e. The smallest absolute Gasteiger partial charge is 0.265 e. The Morgan fingerprint density at radius 1 is 1.00 bits per heavy atom. The second-order valence-electron chi connectivity index (χ2n) is 5.55. The standard InChI is InChI=1S/C18H19N3O/c1-11-9-16-17(10-12(11)2)20-13(3)21(18(16)22)15-7-5-14(19-4)6-8-15/h5-10,19H,1-4H3. The Kier molecular flexibility index (Phi) is 3.45. The summed E-state index contributed by atoms with van der Waals surface area (Å²) in [7, 11) is 1.87. The van der Waals surface area contributed by atoms with Crippen LogP contribution in [0.1, 0.15) is 17.0 Å². The lowest BCUT2D eigenvalue weighted by atomic mass is 10.1. The van der Waals surface area contributed by atoms with Gasteiger partial charge in [0.15, 0.2) is 0 Å². The van der Waals surface area contributed by atoms with Gasteiger partial charge in [-0.05, 0) is 68.3 Å². The van der Waals surface area contributed by atoms with Gasteiger partial charge in [0.1, 0.15) is 5.82 Å². The highest BCUT2D eigenvalue weighted by Gasteiger charge is 2.11. The van der Waals surface area contributed by atoms with Crippen molar-refractivity contribution in [3.8, 4) is 5.69 Å². The summed E-state index contributed by atoms with van der Waals surface area (Å²) in [5.41, 5.74) is 4.82. The maximum atomic E-state index is 12.9. The molecule has 0 aliphatic rings. The summed E-state index contributed by atoms with van der Waals surface area (Å²) in [6.07, 6.45) is 0. The van der Waals surface area contributed by atoms with Crippen molar-refractivity contribution in [3.05, 3.63) is 63.7 Å². The van der Waals surface area contributed by atoms with Crippen molar-refractivity contribution in [2.75, 3.05) is 12.4 Å². The number of nitrogens with zero attached hydrogens (tertiary/aromatic N) is 2. The molecule has 3 aromatic rings. The molecule has 3 rings (SSSR count). The van der Waals surface area contributed by atoms with Crippen molar-refractivity contribution in [1.82, 2.24) is 9.55 Å². The Hall–Kier alpha value is -2.62. The zero-order valence-electron chi connectivity index (χ0n) is 13.3. The van der Waals surface area contributed by atoms with E-state index in [0.717, 1.165) is 28.0 Å². The summed E-state index contributed by atoms with van der Waals surface area (Å²) in [6, 6.07) is 11.7. The predicted molar refractivity (Wildman–Crippen MR) is 91.1 cm³/mol. The van der Waals surface area contributed by atoms with E-state index in [9.17, 15) is 4.79 Å². The zero-order chi connectivity index (χ0) is 15.9. The van der Waals surface area contributed by atoms with Crippen LogP contribution in [-0.4, -0.2) is 16.6 Å². The Labute approximate surface area is 129 Å². The lowest BCUT2D eigenvalue weighted by Gasteiger charge is -2.12. The van der Waals surface area contributed by atoms with Crippen LogP contribution in [0.2, 0.25) is 0 Å². The van der Waals surface area contributed by atoms with Crippen molar-refractivity contribution in [2.24, 2.45) is 0 Å². The highest BCUT2D eigenvalue weighted by Crippen LogP contribution is 2.18. The van der Waals surface area contributed by atoms with Crippen LogP contribution in [0, 0.1) is 20.8 Å². The van der Waals surface area contributed by atoms with Crippen LogP contribution in [0.5, 0.6) is 0 Å². The minimum atomic E-state index is -0.0252. The molecule has 0 radical (unpaired) electrons. The second-order valence-corrected chi connectivity index (χ2v) is 5.55. The first-order valence-electron chi connectivity index (χ1n) is 7.30. The average molecular weight is 293 g/mol. The number of aromatic nitrogens is 2. The van der Waals surface area contributed by atoms with E-state index in [1.807, 2.05) is 64.2 Å². The SMILES string of the molecule is CNc1ccc(-n2c(C)nc3cc(C)c(C)cc3c2=O)cc1. The van der Waals surface area contributed by atoms with Gasteiger partial charge in [0.2, 0.25) is 0 Å². The molecule has 4 heteroatoms. The number of rotatable bonds is 2. The second kappa shape index (κ2) is 5.30. The van der Waals surface area contributed by atoms with Crippen LogP contribution < -0.4 is 10.9 Å². The van der Waals surface area contributed by atoms with Crippen LogP contribution in [0.3, 0.4) is 0 Å². The van der Waals surface area contributed by atoms with Gasteiger partial charge in [0.05, 0.1) is 16.6 Å². The number of hydrogen-bond donors (Lipinski definition) is 1. The minimum absolute atomic E-state index is 0.0252. The molecule has 0 spiro atoms. The van der Waals surface area contributed by atoms with Gasteiger partial charge in [-0.1, -0.05) is 0 Å². The predicted octanol–water partition coefficient (Wildman–Crippen LogP) is 3.35. The van der Waals surface area contributed by atoms with Gasteiger partial charge in [0, 0.05) is 12.7 Å². The van der Waals surface area contributed by atoms with Gasteiger partial charge >= 0.3 is 0 Å². The lowest BCUT2D eigenvalue weighted by Crippen LogP contribution is -2.22. The van der Waals surface area contributed by atoms with Gasteiger partial charge < -0.3 is 5.32 Å². The molecule has 0 bridgehead atoms. The van der Waals surface area contributed by atoms with Gasteiger partial charge in [-0.3, -0.25) is 9.36 Å². The molecule has 1 N–H and O–H groups in total. The normalized spacial score (nSPS) is 10.9. The molecule has 112 valence electrons. The molecule has 0 fully saturated rings. The van der Waals surface area contributed by atoms with E-state index in [2.05, 4.69) is 10.3 Å². The Morgan fingerprint density at radius 2 is 1.64 bits per heavy atom. The van der Waals surface area contributed by atoms with Crippen LogP contribution in [0.15, 0.2) is 41.2 Å². The Bertz CT molecular complexity index is 908. The van der Waals surface area contributed by atoms with Gasteiger partial charge in [-0.2, -0.15) is 0 Å². The number of hydrogen-bond acceptors (Lipinski definition) is 3. The number of benzene rings is 2. The maximum Gasteiger partial charge on any atom is 0.265 e. The molecular weight excluding hydrogens is 274 g/mol. The molecule has 0 unspecified atom stereocenters. The molecule has 1 aromatic heterocycles. The van der Waals surface area contributed by atoms with Crippen molar-refractivity contribution >= 4 is 16.6 Å². The van der Waals surface area contributed by atoms with Gasteiger partial charge in [-0.15, -0.1) is 0 Å². The van der Waals surface area contributed by atoms with E-state index in [1.54, 1.807) is 4.57 Å². The summed E-state index contributed by atoms with van der Waals surface area (Å²) < 4.78 is 1.66. The van der Waals surface area contributed by atoms with Crippen molar-refractivity contribution < 1.29 is 0 Å². The monoisotopic (exact) mass is 293 g/mol. The first-order chi connectivity index (χ1) is 10.5. The van der Waals surface area contributed by atoms with Crippen LogP contribution >= 0.6 is 0 Å². The van der Waals surface area contributed by atoms with Gasteiger partial charge in [-0.25, -0.2) is 4.98 Å². The average Bonchev–Trinajstić information content (AvgIpc) is 2.50. The van der Waals surface area contributed by atoms with Crippen LogP contribution in [0.25, 0.3) is 16.6 Å². The number of nitrogens with one attached hydrogen (secondary N) is 1. The van der Waals surface area contributed by atoms with E-state index in [0.29, 0.717) is 11.2 Å². The highest BCUT2D eigenvalue weighted by atomic mass is 16.1. The summed E-state index contributed by atoms with van der Waals surface area (Å²) in [6.45, 7) is 5.91. The summed E-state index contributed by atoms with van der Waals surface area (Å²) >= 11 is 0. The first kappa shape index (κ1) is 14.3. The van der Waals surface area contributed by atoms with Crippen molar-refractivity contribution in [1.29, 1.82) is 0 Å². The topological polar surface area (TPSA) is 46.9 Å². The molecular formula is C18H19N3O. The Morgan fingerprint density at radius 3 is 2.27 bits per heavy atom. The maximum absolute atomic E-state index is 12.9. The van der Waals surface area contributed by atoms with E-state index >= 15 is 0 Å². The Balaban J connectivity index is 2.29. The van der Waals surface area contributed by atoms with Crippen molar-refractivity contribution in [2.45, 2.75) is 20.8 Å². The lowest BCUT2D eigenvalue weighted by molar-refractivity contribution is 0.894. The zero-order valence-corrected chi connectivity index (χ0v) is 13.3. The van der Waals surface area contributed by atoms with E-state index in [4.69, 9.17) is 0 Å². The fraction of sp³-hybridized carbons (Fsp3) is 0.222. The fourth-order valence-corrected chi connectivity index (χ4v) is 2.64. The molecule has 0 aliphatic carbocycles. The molecule has 22 heavy (non-hydrogen) atoms. The third-order valence-electron chi connectivity index (χ3n) is 4.07. The third-order valence-corrected chi connectivity index (χ3v) is 4.07. The molecule has 0 atom stereocenters. The van der Waals surface area contributed by atoms with Crippen molar-refractivity contribution in [3.63, 3.8) is 0 Å². The van der Waals surface area contributed by atoms with Gasteiger partial charge in [0.25, 0.3) is 5.56 Å². The number of anilines is 1. The van der Waals surface area contributed by atoms with E-state index < -0.39 is 0 Å². The van der Waals surface area contributed by atoms with Crippen LogP contribution in [-0.2, 0) is 0 Å². The summed E-state index contributed by atoms with van der Waals surface area (Å²) in [5, 5.41) is 3.73. The minimum Gasteiger partial charge on any atom is -0.388 e. The molecule has 1 heterocycles. The van der Waals surface area contributed by atoms with Crippen LogP contribution in [0.4, 0.5) is 5.69 Å². The molecule has 0 amide bonds. The fourth-order valence-electron chi connectivity index (χ4n) is 2.64. The first-order valence-corrected chi connectivity index (χ1v) is 7.30. The summed E-state index contributed by atoms with van der Waals surface area (Å²) in [5.74, 6) is 0.693.